The Morgan fingerprint density at radius 3 is 2.38 bits per heavy atom. The molecule has 0 aliphatic carbocycles. The number of hydrogen-bond donors (Lipinski definition) is 0. The number of anilines is 2. The molecule has 3 heterocycles. The van der Waals surface area contributed by atoms with Gasteiger partial charge in [0.05, 0.1) is 11.4 Å². The first-order valence-electron chi connectivity index (χ1n) is 11.9. The van der Waals surface area contributed by atoms with Gasteiger partial charge in [0.2, 0.25) is 0 Å². The molecule has 0 bridgehead atoms. The van der Waals surface area contributed by atoms with Crippen LogP contribution in [0.2, 0.25) is 0 Å². The maximum atomic E-state index is 4.31. The van der Waals surface area contributed by atoms with Gasteiger partial charge in [0.25, 0.3) is 0 Å². The van der Waals surface area contributed by atoms with Crippen LogP contribution in [0.25, 0.3) is 17.2 Å². The maximum absolute atomic E-state index is 4.31. The number of nitrogens with zero attached hydrogens (tertiary/aromatic N) is 3. The van der Waals surface area contributed by atoms with E-state index in [0.29, 0.717) is 6.04 Å². The maximum Gasteiger partial charge on any atom is 0.0555 e. The summed E-state index contributed by atoms with van der Waals surface area (Å²) >= 11 is 1.88. The monoisotopic (exact) mass is 461 g/mol. The number of hydrogen-bond acceptors (Lipinski definition) is 4. The van der Waals surface area contributed by atoms with E-state index >= 15 is 0 Å². The van der Waals surface area contributed by atoms with Gasteiger partial charge in [-0.3, -0.25) is 4.98 Å². The summed E-state index contributed by atoms with van der Waals surface area (Å²) < 4.78 is 0. The first-order valence-corrected chi connectivity index (χ1v) is 12.7. The highest BCUT2D eigenvalue weighted by atomic mass is 32.2. The molecule has 1 saturated heterocycles. The number of aromatic nitrogens is 1. The highest BCUT2D eigenvalue weighted by Crippen LogP contribution is 2.50. The zero-order valence-corrected chi connectivity index (χ0v) is 19.9. The molecule has 0 N–H and O–H groups in total. The van der Waals surface area contributed by atoms with Crippen LogP contribution in [-0.4, -0.2) is 29.0 Å². The van der Waals surface area contributed by atoms with Crippen LogP contribution in [0, 0.1) is 0 Å². The van der Waals surface area contributed by atoms with Crippen molar-refractivity contribution in [3.63, 3.8) is 0 Å². The van der Waals surface area contributed by atoms with Gasteiger partial charge in [-0.2, -0.15) is 0 Å². The lowest BCUT2D eigenvalue weighted by Crippen LogP contribution is -2.42. The molecule has 2 aliphatic heterocycles. The average molecular weight is 462 g/mol. The smallest absolute Gasteiger partial charge is 0.0555 e. The Bertz CT molecular complexity index is 1300. The van der Waals surface area contributed by atoms with Gasteiger partial charge in [-0.15, -0.1) is 0 Å². The summed E-state index contributed by atoms with van der Waals surface area (Å²) in [6, 6.07) is 30.9. The summed E-state index contributed by atoms with van der Waals surface area (Å²) in [5, 5.41) is 0. The van der Waals surface area contributed by atoms with E-state index in [9.17, 15) is 0 Å². The third-order valence-electron chi connectivity index (χ3n) is 6.70. The standard InChI is InChI=1S/C30H27N3S/c1-2-7-23(8-3-1)14-18-32-19-15-26(16-20-32)33-27-10-4-5-11-29(27)34-30-21-24(12-13-28(30)33)25-9-6-17-31-22-25/h1-14,17-18,21-22,26H,15-16,19-20H2. The van der Waals surface area contributed by atoms with Crippen molar-refractivity contribution >= 4 is 29.2 Å². The Kier molecular flexibility index (Phi) is 5.82. The summed E-state index contributed by atoms with van der Waals surface area (Å²) in [6.07, 6.45) is 10.5. The van der Waals surface area contributed by atoms with Gasteiger partial charge in [0, 0.05) is 46.9 Å². The average Bonchev–Trinajstić information content (AvgIpc) is 2.92. The summed E-state index contributed by atoms with van der Waals surface area (Å²) in [5.74, 6) is 0. The number of rotatable bonds is 4. The summed E-state index contributed by atoms with van der Waals surface area (Å²) in [6.45, 7) is 2.14. The van der Waals surface area contributed by atoms with Crippen molar-refractivity contribution in [2.45, 2.75) is 28.7 Å². The summed E-state index contributed by atoms with van der Waals surface area (Å²) in [7, 11) is 0. The molecule has 0 saturated carbocycles. The lowest BCUT2D eigenvalue weighted by molar-refractivity contribution is 0.284. The predicted molar refractivity (Wildman–Crippen MR) is 142 cm³/mol. The fourth-order valence-electron chi connectivity index (χ4n) is 4.94. The van der Waals surface area contributed by atoms with Crippen LogP contribution in [0.1, 0.15) is 18.4 Å². The fraction of sp³-hybridized carbons (Fsp3) is 0.167. The van der Waals surface area contributed by atoms with Crippen molar-refractivity contribution in [1.29, 1.82) is 0 Å². The third-order valence-corrected chi connectivity index (χ3v) is 7.81. The van der Waals surface area contributed by atoms with E-state index in [4.69, 9.17) is 0 Å². The highest BCUT2D eigenvalue weighted by Gasteiger charge is 2.31. The van der Waals surface area contributed by atoms with Gasteiger partial charge in [-0.1, -0.05) is 66.4 Å². The SMILES string of the molecule is C(=CN1CCC(N2c3ccccc3Sc3cc(-c4cccnc4)ccc32)CC1)c1ccccc1. The zero-order chi connectivity index (χ0) is 22.7. The molecular formula is C30H27N3S. The molecule has 2 aliphatic rings. The first kappa shape index (κ1) is 21.1. The second-order valence-corrected chi connectivity index (χ2v) is 9.94. The largest absolute Gasteiger partial charge is 0.377 e. The minimum Gasteiger partial charge on any atom is -0.377 e. The van der Waals surface area contributed by atoms with Crippen molar-refractivity contribution in [2.75, 3.05) is 18.0 Å². The van der Waals surface area contributed by atoms with Gasteiger partial charge < -0.3 is 9.80 Å². The van der Waals surface area contributed by atoms with Gasteiger partial charge in [-0.25, -0.2) is 0 Å². The Morgan fingerprint density at radius 1 is 0.765 bits per heavy atom. The molecule has 6 rings (SSSR count). The van der Waals surface area contributed by atoms with Crippen molar-refractivity contribution in [3.05, 3.63) is 109 Å². The number of fused-ring (bicyclic) bond motifs is 2. The quantitative estimate of drug-likeness (QED) is 0.313. The van der Waals surface area contributed by atoms with Crippen molar-refractivity contribution in [2.24, 2.45) is 0 Å². The molecule has 0 amide bonds. The van der Waals surface area contributed by atoms with Crippen LogP contribution in [-0.2, 0) is 0 Å². The Labute approximate surface area is 205 Å². The van der Waals surface area contributed by atoms with Crippen molar-refractivity contribution in [3.8, 4) is 11.1 Å². The molecule has 0 unspecified atom stereocenters. The Hall–Kier alpha value is -3.50. The molecule has 0 spiro atoms. The van der Waals surface area contributed by atoms with Crippen molar-refractivity contribution < 1.29 is 0 Å². The molecule has 0 atom stereocenters. The van der Waals surface area contributed by atoms with Crippen LogP contribution in [0.4, 0.5) is 11.4 Å². The molecule has 168 valence electrons. The third kappa shape index (κ3) is 4.22. The Balaban J connectivity index is 1.26. The number of para-hydroxylation sites is 1. The van der Waals surface area contributed by atoms with Crippen molar-refractivity contribution in [1.82, 2.24) is 9.88 Å². The predicted octanol–water partition coefficient (Wildman–Crippen LogP) is 7.49. The van der Waals surface area contributed by atoms with Crippen LogP contribution in [0.3, 0.4) is 0 Å². The van der Waals surface area contributed by atoms with Crippen LogP contribution in [0.15, 0.2) is 113 Å². The molecule has 3 nitrogen and oxygen atoms in total. The van der Waals surface area contributed by atoms with Gasteiger partial charge in [0.1, 0.15) is 0 Å². The van der Waals surface area contributed by atoms with E-state index < -0.39 is 0 Å². The van der Waals surface area contributed by atoms with Crippen LogP contribution >= 0.6 is 11.8 Å². The zero-order valence-electron chi connectivity index (χ0n) is 19.0. The molecule has 0 radical (unpaired) electrons. The molecular weight excluding hydrogens is 434 g/mol. The molecule has 1 fully saturated rings. The van der Waals surface area contributed by atoms with E-state index in [2.05, 4.69) is 106 Å². The number of pyridine rings is 1. The van der Waals surface area contributed by atoms with Gasteiger partial charge >= 0.3 is 0 Å². The fourth-order valence-corrected chi connectivity index (χ4v) is 6.05. The lowest BCUT2D eigenvalue weighted by Gasteiger charge is -2.42. The highest BCUT2D eigenvalue weighted by molar-refractivity contribution is 7.99. The molecule has 4 heteroatoms. The number of likely N-dealkylation sites (tertiary alicyclic amines) is 1. The number of piperidine rings is 1. The van der Waals surface area contributed by atoms with E-state index in [1.54, 1.807) is 0 Å². The lowest BCUT2D eigenvalue weighted by atomic mass is 10.00. The molecule has 4 aromatic rings. The van der Waals surface area contributed by atoms with E-state index in [-0.39, 0.29) is 0 Å². The first-order chi connectivity index (χ1) is 16.8. The second kappa shape index (κ2) is 9.40. The summed E-state index contributed by atoms with van der Waals surface area (Å²) in [4.78, 5) is 12.0. The topological polar surface area (TPSA) is 19.4 Å². The molecule has 34 heavy (non-hydrogen) atoms. The molecule has 1 aromatic heterocycles. The minimum atomic E-state index is 0.492. The van der Waals surface area contributed by atoms with Gasteiger partial charge in [-0.05, 0) is 66.6 Å². The summed E-state index contributed by atoms with van der Waals surface area (Å²) in [5.41, 5.74) is 6.31. The normalized spacial score (nSPS) is 15.9. The van der Waals surface area contributed by atoms with E-state index in [1.807, 2.05) is 30.2 Å². The van der Waals surface area contributed by atoms with Crippen LogP contribution < -0.4 is 4.90 Å². The van der Waals surface area contributed by atoms with Gasteiger partial charge in [0.15, 0.2) is 0 Å². The van der Waals surface area contributed by atoms with Crippen LogP contribution in [0.5, 0.6) is 0 Å². The van der Waals surface area contributed by atoms with E-state index in [1.165, 1.54) is 32.3 Å². The second-order valence-electron chi connectivity index (χ2n) is 8.86. The molecule has 3 aromatic carbocycles. The number of benzene rings is 3. The van der Waals surface area contributed by atoms with E-state index in [0.717, 1.165) is 31.5 Å². The Morgan fingerprint density at radius 2 is 1.56 bits per heavy atom. The minimum absolute atomic E-state index is 0.492.